The quantitative estimate of drug-likeness (QED) is 0.113. The molecular formula is C29H49NaO9S. The molecule has 0 aromatic rings. The smallest absolute Gasteiger partial charge is 0.726 e. The van der Waals surface area contributed by atoms with E-state index >= 15 is 0 Å². The van der Waals surface area contributed by atoms with E-state index in [1.165, 1.54) is 6.92 Å². The molecule has 4 aliphatic rings. The van der Waals surface area contributed by atoms with Gasteiger partial charge in [-0.2, -0.15) is 0 Å². The van der Waals surface area contributed by atoms with Gasteiger partial charge in [0, 0.05) is 17.8 Å². The fourth-order valence-electron chi connectivity index (χ4n) is 9.67. The molecule has 0 saturated heterocycles. The third-order valence-electron chi connectivity index (χ3n) is 12.2. The van der Waals surface area contributed by atoms with Crippen molar-refractivity contribution in [1.29, 1.82) is 0 Å². The summed E-state index contributed by atoms with van der Waals surface area (Å²) < 4.78 is 37.1. The number of fused-ring (bicyclic) bond motifs is 5. The maximum Gasteiger partial charge on any atom is 1.00 e. The SMILES string of the molecule is C/C(=C\[C@@H](C)[C@H]1C[C@H](O)[C@H]2[C@@H]3CC(O)C4(O)CC(O)CCC4(C)C3CC[C@@]21C)[C@H](C)[C@](C)(O)COS(=O)(=O)[O-].[Na+]. The Balaban J connectivity index is 0.00000441. The summed E-state index contributed by atoms with van der Waals surface area (Å²) in [5.41, 5.74) is -2.73. The second kappa shape index (κ2) is 11.7. The van der Waals surface area contributed by atoms with Crippen LogP contribution in [0.5, 0.6) is 0 Å². The van der Waals surface area contributed by atoms with Crippen LogP contribution in [0.15, 0.2) is 11.6 Å². The summed E-state index contributed by atoms with van der Waals surface area (Å²) in [6, 6.07) is 0. The van der Waals surface area contributed by atoms with Crippen LogP contribution in [0.2, 0.25) is 0 Å². The Morgan fingerprint density at radius 2 is 1.77 bits per heavy atom. The average molecular weight is 597 g/mol. The second-order valence-electron chi connectivity index (χ2n) is 14.3. The predicted octanol–water partition coefficient (Wildman–Crippen LogP) is -0.487. The molecule has 4 fully saturated rings. The van der Waals surface area contributed by atoms with Crippen LogP contribution in [0.3, 0.4) is 0 Å². The predicted molar refractivity (Wildman–Crippen MR) is 144 cm³/mol. The van der Waals surface area contributed by atoms with E-state index in [0.717, 1.165) is 18.4 Å². The number of rotatable bonds is 7. The molecule has 9 nitrogen and oxygen atoms in total. The summed E-state index contributed by atoms with van der Waals surface area (Å²) in [7, 11) is -4.92. The van der Waals surface area contributed by atoms with Crippen molar-refractivity contribution in [3.63, 3.8) is 0 Å². The van der Waals surface area contributed by atoms with E-state index in [9.17, 15) is 38.5 Å². The molecular weight excluding hydrogens is 547 g/mol. The van der Waals surface area contributed by atoms with Crippen LogP contribution in [0.1, 0.15) is 86.5 Å². The van der Waals surface area contributed by atoms with Gasteiger partial charge in [-0.1, -0.05) is 39.3 Å². The molecule has 40 heavy (non-hydrogen) atoms. The van der Waals surface area contributed by atoms with E-state index in [1.807, 2.05) is 6.92 Å². The molecule has 0 aliphatic heterocycles. The number of hydrogen-bond donors (Lipinski definition) is 5. The summed E-state index contributed by atoms with van der Waals surface area (Å²) in [5.74, 6) is -0.0499. The molecule has 4 rings (SSSR count). The average Bonchev–Trinajstić information content (AvgIpc) is 3.09. The third kappa shape index (κ3) is 5.91. The standard InChI is InChI=1S/C29H50O9S.Na/c1-16(18(3)28(6,33)15-38-39(35,36)37)11-17(2)22-13-23(31)25-20-12-24(32)29(34)14-19(30)7-10-27(29,5)21(20)8-9-26(22,25)4;/h11,17-25,30-34H,7-10,12-15H2,1-6H3,(H,35,36,37);/q;+1/p-1/b16-11+;/t17-,18+,19?,20-,21?,22-,23+,24?,25-,26-,27?,28-,29?;/m1./s1. The minimum atomic E-state index is -4.92. The molecule has 13 atom stereocenters. The van der Waals surface area contributed by atoms with Crippen molar-refractivity contribution in [2.75, 3.05) is 6.61 Å². The van der Waals surface area contributed by atoms with Crippen LogP contribution < -0.4 is 29.6 Å². The van der Waals surface area contributed by atoms with Crippen molar-refractivity contribution < 1.29 is 72.2 Å². The van der Waals surface area contributed by atoms with Crippen LogP contribution in [-0.4, -0.2) is 74.6 Å². The minimum Gasteiger partial charge on any atom is -0.726 e. The number of aliphatic hydroxyl groups is 5. The van der Waals surface area contributed by atoms with Gasteiger partial charge in [0.1, 0.15) is 0 Å². The molecule has 0 radical (unpaired) electrons. The summed E-state index contributed by atoms with van der Waals surface area (Å²) in [6.07, 6.45) is 4.26. The van der Waals surface area contributed by atoms with Gasteiger partial charge in [0.25, 0.3) is 0 Å². The molecule has 0 amide bonds. The normalized spacial score (nSPS) is 46.7. The molecule has 5 N–H and O–H groups in total. The summed E-state index contributed by atoms with van der Waals surface area (Å²) in [4.78, 5) is 0. The minimum absolute atomic E-state index is 0. The van der Waals surface area contributed by atoms with Crippen molar-refractivity contribution in [2.45, 2.75) is 116 Å². The molecule has 226 valence electrons. The van der Waals surface area contributed by atoms with Gasteiger partial charge < -0.3 is 30.1 Å². The van der Waals surface area contributed by atoms with E-state index in [0.29, 0.717) is 25.7 Å². The van der Waals surface area contributed by atoms with Crippen molar-refractivity contribution >= 4 is 10.4 Å². The Labute approximate surface area is 262 Å². The van der Waals surface area contributed by atoms with Gasteiger partial charge in [-0.05, 0) is 87.4 Å². The zero-order valence-electron chi connectivity index (χ0n) is 25.2. The van der Waals surface area contributed by atoms with Gasteiger partial charge in [0.15, 0.2) is 0 Å². The van der Waals surface area contributed by atoms with Gasteiger partial charge in [0.2, 0.25) is 10.4 Å². The Bertz CT molecular complexity index is 1070. The first-order valence-electron chi connectivity index (χ1n) is 14.5. The Kier molecular flexibility index (Phi) is 10.2. The third-order valence-corrected chi connectivity index (χ3v) is 12.6. The van der Waals surface area contributed by atoms with E-state index in [1.54, 1.807) is 6.92 Å². The van der Waals surface area contributed by atoms with Crippen LogP contribution >= 0.6 is 0 Å². The molecule has 0 aromatic carbocycles. The Hall–Kier alpha value is 0.410. The second-order valence-corrected chi connectivity index (χ2v) is 15.3. The van der Waals surface area contributed by atoms with E-state index < -0.39 is 57.9 Å². The zero-order valence-corrected chi connectivity index (χ0v) is 28.0. The number of allylic oxidation sites excluding steroid dienone is 1. The van der Waals surface area contributed by atoms with Crippen LogP contribution in [0, 0.1) is 46.3 Å². The largest absolute Gasteiger partial charge is 1.00 e. The Morgan fingerprint density at radius 3 is 2.38 bits per heavy atom. The maximum absolute atomic E-state index is 11.7. The van der Waals surface area contributed by atoms with E-state index in [4.69, 9.17) is 0 Å². The molecule has 0 spiro atoms. The molecule has 0 aromatic heterocycles. The van der Waals surface area contributed by atoms with Gasteiger partial charge in [-0.25, -0.2) is 8.42 Å². The van der Waals surface area contributed by atoms with E-state index in [-0.39, 0.29) is 71.0 Å². The fraction of sp³-hybridized carbons (Fsp3) is 0.931. The fourth-order valence-corrected chi connectivity index (χ4v) is 10.1. The molecule has 0 bridgehead atoms. The number of hydrogen-bond acceptors (Lipinski definition) is 9. The first-order valence-corrected chi connectivity index (χ1v) is 15.9. The van der Waals surface area contributed by atoms with Crippen molar-refractivity contribution in [3.8, 4) is 0 Å². The maximum atomic E-state index is 11.7. The summed E-state index contributed by atoms with van der Waals surface area (Å²) >= 11 is 0. The van der Waals surface area contributed by atoms with Gasteiger partial charge in [0.05, 0.1) is 36.1 Å². The molecule has 5 unspecified atom stereocenters. The number of aliphatic hydroxyl groups excluding tert-OH is 3. The van der Waals surface area contributed by atoms with Crippen LogP contribution in [0.4, 0.5) is 0 Å². The molecule has 0 heterocycles. The van der Waals surface area contributed by atoms with Gasteiger partial charge in [-0.3, -0.25) is 4.18 Å². The van der Waals surface area contributed by atoms with Crippen LogP contribution in [-0.2, 0) is 14.6 Å². The Morgan fingerprint density at radius 1 is 1.15 bits per heavy atom. The van der Waals surface area contributed by atoms with Gasteiger partial charge in [-0.15, -0.1) is 0 Å². The molecule has 11 heteroatoms. The van der Waals surface area contributed by atoms with E-state index in [2.05, 4.69) is 31.0 Å². The van der Waals surface area contributed by atoms with Crippen LogP contribution in [0.25, 0.3) is 0 Å². The van der Waals surface area contributed by atoms with Crippen molar-refractivity contribution in [3.05, 3.63) is 11.6 Å². The monoisotopic (exact) mass is 596 g/mol. The first-order chi connectivity index (χ1) is 17.8. The topological polar surface area (TPSA) is 168 Å². The van der Waals surface area contributed by atoms with Crippen molar-refractivity contribution in [1.82, 2.24) is 0 Å². The van der Waals surface area contributed by atoms with Gasteiger partial charge >= 0.3 is 29.6 Å². The summed E-state index contributed by atoms with van der Waals surface area (Å²) in [5, 5.41) is 55.6. The molecule has 4 saturated carbocycles. The summed E-state index contributed by atoms with van der Waals surface area (Å²) in [6.45, 7) is 10.9. The van der Waals surface area contributed by atoms with Crippen molar-refractivity contribution in [2.24, 2.45) is 46.3 Å². The molecule has 4 aliphatic carbocycles. The zero-order chi connectivity index (χ0) is 29.3. The first kappa shape index (κ1) is 34.9.